The summed E-state index contributed by atoms with van der Waals surface area (Å²) >= 11 is 0. The van der Waals surface area contributed by atoms with Crippen molar-refractivity contribution in [2.45, 2.75) is 26.8 Å². The van der Waals surface area contributed by atoms with Gasteiger partial charge in [0.15, 0.2) is 6.73 Å². The second kappa shape index (κ2) is 3.13. The maximum absolute atomic E-state index is 11.1. The van der Waals surface area contributed by atoms with Gasteiger partial charge in [0.25, 0.3) is 0 Å². The predicted molar refractivity (Wildman–Crippen MR) is 42.1 cm³/mol. The number of esters is 1. The van der Waals surface area contributed by atoms with Crippen LogP contribution < -0.4 is 0 Å². The zero-order valence-electron chi connectivity index (χ0n) is 7.53. The Kier molecular flexibility index (Phi) is 2.35. The smallest absolute Gasteiger partial charge is 0.330 e. The molecule has 1 amide bonds. The van der Waals surface area contributed by atoms with Crippen molar-refractivity contribution >= 4 is 11.9 Å². The van der Waals surface area contributed by atoms with Gasteiger partial charge in [0.1, 0.15) is 6.04 Å². The lowest BCUT2D eigenvalue weighted by Gasteiger charge is -2.20. The summed E-state index contributed by atoms with van der Waals surface area (Å²) in [6, 6.07) is -0.387. The quantitative estimate of drug-likeness (QED) is 0.535. The molecule has 0 saturated carbocycles. The SMILES string of the molecule is CC(=O)N1COC(=O)C1C(C)C. The van der Waals surface area contributed by atoms with Gasteiger partial charge in [0, 0.05) is 6.92 Å². The van der Waals surface area contributed by atoms with Crippen LogP contribution in [0.2, 0.25) is 0 Å². The van der Waals surface area contributed by atoms with Gasteiger partial charge in [-0.2, -0.15) is 0 Å². The first-order valence-electron chi connectivity index (χ1n) is 3.98. The highest BCUT2D eigenvalue weighted by Crippen LogP contribution is 2.18. The fraction of sp³-hybridized carbons (Fsp3) is 0.750. The van der Waals surface area contributed by atoms with Crippen molar-refractivity contribution in [3.63, 3.8) is 0 Å². The monoisotopic (exact) mass is 171 g/mol. The largest absolute Gasteiger partial charge is 0.443 e. The Morgan fingerprint density at radius 1 is 1.67 bits per heavy atom. The lowest BCUT2D eigenvalue weighted by molar-refractivity contribution is -0.140. The average Bonchev–Trinajstić information content (AvgIpc) is 2.30. The molecule has 1 saturated heterocycles. The molecule has 0 aromatic heterocycles. The molecule has 1 rings (SSSR count). The number of nitrogens with zero attached hydrogens (tertiary/aromatic N) is 1. The molecular weight excluding hydrogens is 158 g/mol. The van der Waals surface area contributed by atoms with E-state index in [1.54, 1.807) is 0 Å². The minimum atomic E-state index is -0.387. The minimum Gasteiger partial charge on any atom is -0.443 e. The molecule has 1 fully saturated rings. The first-order valence-corrected chi connectivity index (χ1v) is 3.98. The Bertz CT molecular complexity index is 212. The van der Waals surface area contributed by atoms with Crippen LogP contribution in [0.15, 0.2) is 0 Å². The predicted octanol–water partition coefficient (Wildman–Crippen LogP) is 0.374. The second-order valence-electron chi connectivity index (χ2n) is 3.27. The van der Waals surface area contributed by atoms with E-state index < -0.39 is 0 Å². The van der Waals surface area contributed by atoms with Crippen LogP contribution in [0.5, 0.6) is 0 Å². The van der Waals surface area contributed by atoms with Crippen LogP contribution in [0.25, 0.3) is 0 Å². The summed E-state index contributed by atoms with van der Waals surface area (Å²) in [5.41, 5.74) is 0. The van der Waals surface area contributed by atoms with Gasteiger partial charge in [0.05, 0.1) is 0 Å². The van der Waals surface area contributed by atoms with E-state index in [0.717, 1.165) is 0 Å². The number of rotatable bonds is 1. The molecule has 0 spiro atoms. The van der Waals surface area contributed by atoms with Gasteiger partial charge in [0.2, 0.25) is 5.91 Å². The number of hydrogen-bond donors (Lipinski definition) is 0. The molecule has 1 aliphatic heterocycles. The summed E-state index contributed by atoms with van der Waals surface area (Å²) in [5, 5.41) is 0. The summed E-state index contributed by atoms with van der Waals surface area (Å²) in [5.74, 6) is -0.288. The molecule has 0 aromatic rings. The van der Waals surface area contributed by atoms with E-state index in [4.69, 9.17) is 4.74 Å². The van der Waals surface area contributed by atoms with E-state index >= 15 is 0 Å². The third-order valence-corrected chi connectivity index (χ3v) is 1.96. The summed E-state index contributed by atoms with van der Waals surface area (Å²) < 4.78 is 4.77. The van der Waals surface area contributed by atoms with Crippen molar-refractivity contribution in [3.8, 4) is 0 Å². The number of carbonyl (C=O) groups is 2. The summed E-state index contributed by atoms with van der Waals surface area (Å²) in [4.78, 5) is 23.6. The van der Waals surface area contributed by atoms with Gasteiger partial charge in [-0.25, -0.2) is 4.79 Å². The molecule has 68 valence electrons. The fourth-order valence-electron chi connectivity index (χ4n) is 1.34. The highest BCUT2D eigenvalue weighted by Gasteiger charge is 2.38. The molecule has 0 aromatic carbocycles. The molecule has 4 nitrogen and oxygen atoms in total. The summed E-state index contributed by atoms with van der Waals surface area (Å²) in [6.07, 6.45) is 0. The molecule has 0 aliphatic carbocycles. The third kappa shape index (κ3) is 1.42. The van der Waals surface area contributed by atoms with Gasteiger partial charge in [-0.05, 0) is 5.92 Å². The van der Waals surface area contributed by atoms with Crippen molar-refractivity contribution in [2.24, 2.45) is 5.92 Å². The van der Waals surface area contributed by atoms with E-state index in [-0.39, 0.29) is 30.6 Å². The lowest BCUT2D eigenvalue weighted by Crippen LogP contribution is -2.40. The average molecular weight is 171 g/mol. The van der Waals surface area contributed by atoms with Gasteiger partial charge in [-0.3, -0.25) is 9.69 Å². The second-order valence-corrected chi connectivity index (χ2v) is 3.27. The van der Waals surface area contributed by atoms with Crippen molar-refractivity contribution < 1.29 is 14.3 Å². The first-order chi connectivity index (χ1) is 5.54. The zero-order valence-corrected chi connectivity index (χ0v) is 7.53. The highest BCUT2D eigenvalue weighted by molar-refractivity contribution is 5.85. The molecule has 1 aliphatic rings. The third-order valence-electron chi connectivity index (χ3n) is 1.96. The number of amides is 1. The molecule has 1 heterocycles. The van der Waals surface area contributed by atoms with Crippen LogP contribution in [0.4, 0.5) is 0 Å². The Morgan fingerprint density at radius 2 is 2.25 bits per heavy atom. The number of carbonyl (C=O) groups excluding carboxylic acids is 2. The van der Waals surface area contributed by atoms with Gasteiger partial charge >= 0.3 is 5.97 Å². The fourth-order valence-corrected chi connectivity index (χ4v) is 1.34. The Morgan fingerprint density at radius 3 is 2.58 bits per heavy atom. The van der Waals surface area contributed by atoms with Crippen LogP contribution in [0.3, 0.4) is 0 Å². The molecule has 1 atom stereocenters. The van der Waals surface area contributed by atoms with E-state index in [1.165, 1.54) is 11.8 Å². The minimum absolute atomic E-state index is 0.108. The number of hydrogen-bond acceptors (Lipinski definition) is 3. The Labute approximate surface area is 71.5 Å². The molecule has 12 heavy (non-hydrogen) atoms. The molecule has 4 heteroatoms. The molecule has 0 N–H and O–H groups in total. The maximum atomic E-state index is 11.1. The molecule has 0 bridgehead atoms. The van der Waals surface area contributed by atoms with Crippen molar-refractivity contribution in [1.82, 2.24) is 4.90 Å². The zero-order chi connectivity index (χ0) is 9.30. The Hall–Kier alpha value is -1.06. The molecular formula is C8H13NO3. The highest BCUT2D eigenvalue weighted by atomic mass is 16.6. The number of cyclic esters (lactones) is 1. The van der Waals surface area contributed by atoms with Gasteiger partial charge < -0.3 is 4.74 Å². The number of ether oxygens (including phenoxy) is 1. The van der Waals surface area contributed by atoms with Crippen LogP contribution in [-0.4, -0.2) is 29.5 Å². The van der Waals surface area contributed by atoms with E-state index in [0.29, 0.717) is 0 Å². The van der Waals surface area contributed by atoms with E-state index in [1.807, 2.05) is 13.8 Å². The summed E-state index contributed by atoms with van der Waals surface area (Å²) in [7, 11) is 0. The summed E-state index contributed by atoms with van der Waals surface area (Å²) in [6.45, 7) is 5.34. The van der Waals surface area contributed by atoms with Crippen LogP contribution in [0.1, 0.15) is 20.8 Å². The lowest BCUT2D eigenvalue weighted by atomic mass is 10.0. The van der Waals surface area contributed by atoms with E-state index in [2.05, 4.69) is 0 Å². The normalized spacial score (nSPS) is 23.2. The van der Waals surface area contributed by atoms with Gasteiger partial charge in [-0.1, -0.05) is 13.8 Å². The van der Waals surface area contributed by atoms with E-state index in [9.17, 15) is 9.59 Å². The van der Waals surface area contributed by atoms with Crippen molar-refractivity contribution in [3.05, 3.63) is 0 Å². The first kappa shape index (κ1) is 9.03. The van der Waals surface area contributed by atoms with Crippen LogP contribution in [-0.2, 0) is 14.3 Å². The Balaban J connectivity index is 2.77. The standard InChI is InChI=1S/C8H13NO3/c1-5(2)7-8(11)12-4-9(7)6(3)10/h5,7H,4H2,1-3H3. The van der Waals surface area contributed by atoms with Crippen molar-refractivity contribution in [1.29, 1.82) is 0 Å². The van der Waals surface area contributed by atoms with Crippen LogP contribution in [0, 0.1) is 5.92 Å². The maximum Gasteiger partial charge on any atom is 0.330 e. The van der Waals surface area contributed by atoms with Gasteiger partial charge in [-0.15, -0.1) is 0 Å². The van der Waals surface area contributed by atoms with Crippen LogP contribution >= 0.6 is 0 Å². The molecule has 0 radical (unpaired) electrons. The topological polar surface area (TPSA) is 46.6 Å². The molecule has 1 unspecified atom stereocenters. The van der Waals surface area contributed by atoms with Crippen molar-refractivity contribution in [2.75, 3.05) is 6.73 Å².